The number of aryl methyl sites for hydroxylation is 2. The van der Waals surface area contributed by atoms with Crippen LogP contribution in [-0.4, -0.2) is 44.2 Å². The van der Waals surface area contributed by atoms with E-state index in [1.807, 2.05) is 6.92 Å². The number of carbonyl (C=O) groups excluding carboxylic acids is 2. The van der Waals surface area contributed by atoms with Gasteiger partial charge in [0.15, 0.2) is 6.10 Å². The third-order valence-corrected chi connectivity index (χ3v) is 6.92. The minimum absolute atomic E-state index is 0.00623. The van der Waals surface area contributed by atoms with Crippen molar-refractivity contribution >= 4 is 44.8 Å². The van der Waals surface area contributed by atoms with E-state index in [9.17, 15) is 18.0 Å². The van der Waals surface area contributed by atoms with E-state index in [-0.39, 0.29) is 16.6 Å². The summed E-state index contributed by atoms with van der Waals surface area (Å²) in [6.45, 7) is 4.64. The minimum atomic E-state index is -3.99. The van der Waals surface area contributed by atoms with Crippen molar-refractivity contribution in [1.29, 1.82) is 0 Å². The standard InChI is InChI=1S/C20H22ClN3O5S/c1-11-5-6-15(14(21)7-11)22-19(25)10-24(4)30(27,28)18-9-17-16(8-12(18)2)23-20(26)13(3)29-17/h5-9,13H,10H2,1-4H3,(H,22,25)(H,23,26). The van der Waals surface area contributed by atoms with E-state index < -0.39 is 28.6 Å². The van der Waals surface area contributed by atoms with E-state index in [0.29, 0.717) is 22.0 Å². The summed E-state index contributed by atoms with van der Waals surface area (Å²) in [6.07, 6.45) is -0.737. The summed E-state index contributed by atoms with van der Waals surface area (Å²) in [5.74, 6) is -0.573. The molecule has 0 bridgehead atoms. The van der Waals surface area contributed by atoms with Crippen molar-refractivity contribution in [2.45, 2.75) is 31.8 Å². The highest BCUT2D eigenvalue weighted by molar-refractivity contribution is 7.89. The minimum Gasteiger partial charge on any atom is -0.479 e. The fourth-order valence-corrected chi connectivity index (χ4v) is 4.61. The zero-order chi connectivity index (χ0) is 22.2. The lowest BCUT2D eigenvalue weighted by atomic mass is 10.1. The summed E-state index contributed by atoms with van der Waals surface area (Å²) in [5, 5.41) is 5.66. The number of ether oxygens (including phenoxy) is 1. The van der Waals surface area contributed by atoms with Crippen LogP contribution in [0.25, 0.3) is 0 Å². The summed E-state index contributed by atoms with van der Waals surface area (Å²) in [4.78, 5) is 24.1. The second kappa shape index (κ2) is 8.25. The van der Waals surface area contributed by atoms with Crippen molar-refractivity contribution in [3.63, 3.8) is 0 Å². The predicted octanol–water partition coefficient (Wildman–Crippen LogP) is 2.94. The molecule has 0 saturated carbocycles. The van der Waals surface area contributed by atoms with Gasteiger partial charge in [-0.3, -0.25) is 9.59 Å². The van der Waals surface area contributed by atoms with Crippen LogP contribution < -0.4 is 15.4 Å². The Balaban J connectivity index is 1.80. The van der Waals surface area contributed by atoms with Crippen LogP contribution in [0.5, 0.6) is 5.75 Å². The Morgan fingerprint density at radius 3 is 2.63 bits per heavy atom. The topological polar surface area (TPSA) is 105 Å². The Hall–Kier alpha value is -2.62. The fraction of sp³-hybridized carbons (Fsp3) is 0.300. The Kier molecular flexibility index (Phi) is 6.07. The van der Waals surface area contributed by atoms with Crippen molar-refractivity contribution in [3.8, 4) is 5.75 Å². The number of hydrogen-bond acceptors (Lipinski definition) is 5. The molecule has 3 rings (SSSR count). The molecule has 2 N–H and O–H groups in total. The first-order chi connectivity index (χ1) is 14.0. The molecule has 30 heavy (non-hydrogen) atoms. The zero-order valence-electron chi connectivity index (χ0n) is 16.9. The van der Waals surface area contributed by atoms with Crippen LogP contribution in [0.1, 0.15) is 18.1 Å². The molecule has 1 unspecified atom stereocenters. The maximum atomic E-state index is 13.1. The van der Waals surface area contributed by atoms with Gasteiger partial charge in [-0.15, -0.1) is 0 Å². The number of benzene rings is 2. The molecule has 2 aromatic rings. The lowest BCUT2D eigenvalue weighted by Gasteiger charge is -2.25. The lowest BCUT2D eigenvalue weighted by Crippen LogP contribution is -2.36. The number of fused-ring (bicyclic) bond motifs is 1. The lowest BCUT2D eigenvalue weighted by molar-refractivity contribution is -0.122. The van der Waals surface area contributed by atoms with Crippen LogP contribution in [0, 0.1) is 13.8 Å². The molecule has 0 radical (unpaired) electrons. The van der Waals surface area contributed by atoms with E-state index in [0.717, 1.165) is 9.87 Å². The van der Waals surface area contributed by atoms with Crippen molar-refractivity contribution in [1.82, 2.24) is 4.31 Å². The summed E-state index contributed by atoms with van der Waals surface area (Å²) in [7, 11) is -2.68. The molecule has 0 aliphatic carbocycles. The first kappa shape index (κ1) is 22.1. The van der Waals surface area contributed by atoms with Gasteiger partial charge < -0.3 is 15.4 Å². The van der Waals surface area contributed by atoms with E-state index in [2.05, 4.69) is 10.6 Å². The molecule has 160 valence electrons. The van der Waals surface area contributed by atoms with E-state index in [1.54, 1.807) is 32.0 Å². The van der Waals surface area contributed by atoms with Gasteiger partial charge in [0.2, 0.25) is 15.9 Å². The number of hydrogen-bond donors (Lipinski definition) is 2. The Bertz CT molecular complexity index is 1130. The number of sulfonamides is 1. The molecule has 1 heterocycles. The van der Waals surface area contributed by atoms with Gasteiger partial charge in [-0.2, -0.15) is 4.31 Å². The average molecular weight is 452 g/mol. The van der Waals surface area contributed by atoms with Crippen molar-refractivity contribution in [2.24, 2.45) is 0 Å². The molecule has 10 heteroatoms. The van der Waals surface area contributed by atoms with Crippen molar-refractivity contribution < 1.29 is 22.7 Å². The molecule has 1 atom stereocenters. The van der Waals surface area contributed by atoms with Crippen molar-refractivity contribution in [2.75, 3.05) is 24.2 Å². The molecule has 0 saturated heterocycles. The Morgan fingerprint density at radius 2 is 1.97 bits per heavy atom. The maximum absolute atomic E-state index is 13.1. The van der Waals surface area contributed by atoms with E-state index in [1.165, 1.54) is 19.2 Å². The zero-order valence-corrected chi connectivity index (χ0v) is 18.5. The van der Waals surface area contributed by atoms with Crippen LogP contribution in [0.2, 0.25) is 5.02 Å². The number of likely N-dealkylation sites (N-methyl/N-ethyl adjacent to an activating group) is 1. The maximum Gasteiger partial charge on any atom is 0.265 e. The Morgan fingerprint density at radius 1 is 1.27 bits per heavy atom. The molecular formula is C20H22ClN3O5S. The third kappa shape index (κ3) is 4.43. The van der Waals surface area contributed by atoms with Crippen LogP contribution in [0.15, 0.2) is 35.2 Å². The van der Waals surface area contributed by atoms with Crippen LogP contribution >= 0.6 is 11.6 Å². The van der Waals surface area contributed by atoms with Gasteiger partial charge in [-0.1, -0.05) is 17.7 Å². The number of amides is 2. The molecule has 1 aliphatic heterocycles. The van der Waals surface area contributed by atoms with Gasteiger partial charge in [0, 0.05) is 13.1 Å². The number of rotatable bonds is 5. The third-order valence-electron chi connectivity index (χ3n) is 4.66. The Labute approximate surface area is 180 Å². The second-order valence-corrected chi connectivity index (χ2v) is 9.58. The number of nitrogens with zero attached hydrogens (tertiary/aromatic N) is 1. The fourth-order valence-electron chi connectivity index (χ4n) is 2.99. The van der Waals surface area contributed by atoms with Gasteiger partial charge in [0.25, 0.3) is 5.91 Å². The first-order valence-corrected chi connectivity index (χ1v) is 11.0. The molecule has 0 aromatic heterocycles. The molecule has 1 aliphatic rings. The molecular weight excluding hydrogens is 430 g/mol. The van der Waals surface area contributed by atoms with Crippen LogP contribution in [0.3, 0.4) is 0 Å². The van der Waals surface area contributed by atoms with Gasteiger partial charge >= 0.3 is 0 Å². The summed E-state index contributed by atoms with van der Waals surface area (Å²) in [5.41, 5.74) is 2.17. The number of halogens is 1. The van der Waals surface area contributed by atoms with Gasteiger partial charge in [-0.05, 0) is 50.1 Å². The molecule has 8 nitrogen and oxygen atoms in total. The quantitative estimate of drug-likeness (QED) is 0.727. The second-order valence-electron chi connectivity index (χ2n) is 7.16. The normalized spacial score (nSPS) is 15.9. The smallest absolute Gasteiger partial charge is 0.265 e. The summed E-state index contributed by atoms with van der Waals surface area (Å²) in [6, 6.07) is 8.05. The molecule has 0 fully saturated rings. The molecule has 2 amide bonds. The van der Waals surface area contributed by atoms with Crippen LogP contribution in [0.4, 0.5) is 11.4 Å². The highest BCUT2D eigenvalue weighted by atomic mass is 35.5. The number of nitrogens with one attached hydrogen (secondary N) is 2. The van der Waals surface area contributed by atoms with E-state index in [4.69, 9.17) is 16.3 Å². The average Bonchev–Trinajstić information content (AvgIpc) is 2.64. The monoisotopic (exact) mass is 451 g/mol. The van der Waals surface area contributed by atoms with Crippen LogP contribution in [-0.2, 0) is 19.6 Å². The van der Waals surface area contributed by atoms with E-state index >= 15 is 0 Å². The predicted molar refractivity (Wildman–Crippen MR) is 115 cm³/mol. The van der Waals surface area contributed by atoms with Gasteiger partial charge in [0.1, 0.15) is 5.75 Å². The highest BCUT2D eigenvalue weighted by Gasteiger charge is 2.30. The van der Waals surface area contributed by atoms with Crippen molar-refractivity contribution in [3.05, 3.63) is 46.5 Å². The molecule has 2 aromatic carbocycles. The number of anilines is 2. The number of carbonyl (C=O) groups is 2. The summed E-state index contributed by atoms with van der Waals surface area (Å²) >= 11 is 6.12. The van der Waals surface area contributed by atoms with Gasteiger partial charge in [0.05, 0.1) is 27.8 Å². The largest absolute Gasteiger partial charge is 0.479 e. The molecule has 0 spiro atoms. The highest BCUT2D eigenvalue weighted by Crippen LogP contribution is 2.35. The first-order valence-electron chi connectivity index (χ1n) is 9.13. The van der Waals surface area contributed by atoms with Gasteiger partial charge in [-0.25, -0.2) is 8.42 Å². The SMILES string of the molecule is Cc1ccc(NC(=O)CN(C)S(=O)(=O)c2cc3c(cc2C)NC(=O)C(C)O3)c(Cl)c1. The summed E-state index contributed by atoms with van der Waals surface area (Å²) < 4.78 is 32.6.